The molecule has 0 atom stereocenters. The zero-order chi connectivity index (χ0) is 20.1. The standard InChI is InChI=1S/C19H18ClN3O4S/c20-16-10-17(23-12-14-4-2-8-27-14)15(9-19(16)28(21,25)26)18(24)6-5-13-3-1-7-22-11-13/h1-4,7-11,23H,5-6,12H2,(H2,21,25,26). The molecule has 7 nitrogen and oxygen atoms in total. The molecule has 0 saturated carbocycles. The number of primary sulfonamides is 1. The van der Waals surface area contributed by atoms with Crippen molar-refractivity contribution in [2.24, 2.45) is 5.14 Å². The van der Waals surface area contributed by atoms with E-state index >= 15 is 0 Å². The molecule has 146 valence electrons. The van der Waals surface area contributed by atoms with E-state index in [0.29, 0.717) is 24.4 Å². The third-order valence-corrected chi connectivity index (χ3v) is 5.45. The fraction of sp³-hybridized carbons (Fsp3) is 0.158. The van der Waals surface area contributed by atoms with Crippen LogP contribution in [0.15, 0.2) is 64.4 Å². The van der Waals surface area contributed by atoms with E-state index in [2.05, 4.69) is 10.3 Å². The molecule has 0 bridgehead atoms. The maximum Gasteiger partial charge on any atom is 0.239 e. The monoisotopic (exact) mass is 419 g/mol. The highest BCUT2D eigenvalue weighted by atomic mass is 35.5. The number of halogens is 1. The summed E-state index contributed by atoms with van der Waals surface area (Å²) in [6.07, 6.45) is 5.51. The molecule has 0 spiro atoms. The highest BCUT2D eigenvalue weighted by Crippen LogP contribution is 2.30. The Labute approximate surface area is 167 Å². The Kier molecular flexibility index (Phi) is 6.13. The first kappa shape index (κ1) is 20.1. The smallest absolute Gasteiger partial charge is 0.239 e. The van der Waals surface area contributed by atoms with Crippen molar-refractivity contribution >= 4 is 33.1 Å². The van der Waals surface area contributed by atoms with Crippen molar-refractivity contribution in [3.8, 4) is 0 Å². The van der Waals surface area contributed by atoms with Gasteiger partial charge in [0.05, 0.1) is 17.8 Å². The molecule has 0 saturated heterocycles. The summed E-state index contributed by atoms with van der Waals surface area (Å²) in [5.74, 6) is 0.410. The number of hydrogen-bond donors (Lipinski definition) is 2. The van der Waals surface area contributed by atoms with Gasteiger partial charge in [-0.15, -0.1) is 0 Å². The number of aryl methyl sites for hydroxylation is 1. The van der Waals surface area contributed by atoms with Crippen molar-refractivity contribution in [2.45, 2.75) is 24.3 Å². The second kappa shape index (κ2) is 8.55. The first-order valence-corrected chi connectivity index (χ1v) is 10.3. The predicted molar refractivity (Wildman–Crippen MR) is 106 cm³/mol. The van der Waals surface area contributed by atoms with Gasteiger partial charge in [-0.05, 0) is 42.3 Å². The molecule has 1 aromatic carbocycles. The third kappa shape index (κ3) is 4.98. The van der Waals surface area contributed by atoms with Crippen LogP contribution in [0.1, 0.15) is 28.1 Å². The van der Waals surface area contributed by atoms with Gasteiger partial charge in [0, 0.05) is 30.1 Å². The van der Waals surface area contributed by atoms with Gasteiger partial charge < -0.3 is 9.73 Å². The van der Waals surface area contributed by atoms with E-state index in [0.717, 1.165) is 5.56 Å². The van der Waals surface area contributed by atoms with Crippen molar-refractivity contribution in [3.05, 3.63) is 77.0 Å². The number of carbonyl (C=O) groups excluding carboxylic acids is 1. The van der Waals surface area contributed by atoms with Crippen molar-refractivity contribution in [1.29, 1.82) is 0 Å². The van der Waals surface area contributed by atoms with Gasteiger partial charge in [0.25, 0.3) is 0 Å². The summed E-state index contributed by atoms with van der Waals surface area (Å²) in [6, 6.07) is 9.78. The average Bonchev–Trinajstić information content (AvgIpc) is 3.18. The summed E-state index contributed by atoms with van der Waals surface area (Å²) >= 11 is 6.08. The number of sulfonamides is 1. The zero-order valence-corrected chi connectivity index (χ0v) is 16.3. The molecule has 3 aromatic rings. The highest BCUT2D eigenvalue weighted by molar-refractivity contribution is 7.89. The quantitative estimate of drug-likeness (QED) is 0.540. The van der Waals surface area contributed by atoms with E-state index in [1.165, 1.54) is 18.4 Å². The lowest BCUT2D eigenvalue weighted by Gasteiger charge is -2.14. The number of rotatable bonds is 8. The Morgan fingerprint density at radius 3 is 2.71 bits per heavy atom. The highest BCUT2D eigenvalue weighted by Gasteiger charge is 2.20. The molecule has 0 fully saturated rings. The number of ketones is 1. The van der Waals surface area contributed by atoms with Crippen molar-refractivity contribution in [3.63, 3.8) is 0 Å². The van der Waals surface area contributed by atoms with Gasteiger partial charge in [-0.25, -0.2) is 13.6 Å². The molecule has 0 radical (unpaired) electrons. The zero-order valence-electron chi connectivity index (χ0n) is 14.8. The maximum atomic E-state index is 12.8. The molecular weight excluding hydrogens is 402 g/mol. The van der Waals surface area contributed by atoms with Crippen LogP contribution in [-0.4, -0.2) is 19.2 Å². The third-order valence-electron chi connectivity index (χ3n) is 4.08. The van der Waals surface area contributed by atoms with E-state index in [9.17, 15) is 13.2 Å². The van der Waals surface area contributed by atoms with Crippen LogP contribution in [0, 0.1) is 0 Å². The number of nitrogens with two attached hydrogens (primary N) is 1. The fourth-order valence-electron chi connectivity index (χ4n) is 2.68. The first-order valence-electron chi connectivity index (χ1n) is 8.39. The number of anilines is 1. The molecule has 0 unspecified atom stereocenters. The van der Waals surface area contributed by atoms with E-state index < -0.39 is 10.0 Å². The van der Waals surface area contributed by atoms with E-state index in [1.54, 1.807) is 30.6 Å². The number of nitrogens with one attached hydrogen (secondary N) is 1. The number of benzene rings is 1. The van der Waals surface area contributed by atoms with Crippen molar-refractivity contribution < 1.29 is 17.6 Å². The summed E-state index contributed by atoms with van der Waals surface area (Å²) in [5, 5.41) is 8.23. The molecule has 0 amide bonds. The van der Waals surface area contributed by atoms with Gasteiger partial charge in [0.15, 0.2) is 5.78 Å². The Balaban J connectivity index is 1.89. The second-order valence-electron chi connectivity index (χ2n) is 6.09. The molecule has 3 rings (SSSR count). The van der Waals surface area contributed by atoms with Crippen LogP contribution in [0.2, 0.25) is 5.02 Å². The van der Waals surface area contributed by atoms with Gasteiger partial charge in [-0.3, -0.25) is 9.78 Å². The number of hydrogen-bond acceptors (Lipinski definition) is 6. The number of furan rings is 1. The van der Waals surface area contributed by atoms with Crippen molar-refractivity contribution in [1.82, 2.24) is 4.98 Å². The number of carbonyl (C=O) groups is 1. The summed E-state index contributed by atoms with van der Waals surface area (Å²) in [7, 11) is -4.07. The lowest BCUT2D eigenvalue weighted by Crippen LogP contribution is -2.15. The van der Waals surface area contributed by atoms with Crippen LogP contribution >= 0.6 is 11.6 Å². The van der Waals surface area contributed by atoms with E-state index in [-0.39, 0.29) is 27.7 Å². The Hall–Kier alpha value is -2.68. The van der Waals surface area contributed by atoms with Gasteiger partial charge in [-0.1, -0.05) is 17.7 Å². The van der Waals surface area contributed by atoms with Crippen LogP contribution in [0.4, 0.5) is 5.69 Å². The van der Waals surface area contributed by atoms with Crippen LogP contribution in [-0.2, 0) is 23.0 Å². The average molecular weight is 420 g/mol. The number of pyridine rings is 1. The molecule has 3 N–H and O–H groups in total. The minimum absolute atomic E-state index is 0.0618. The minimum Gasteiger partial charge on any atom is -0.467 e. The minimum atomic E-state index is -4.07. The summed E-state index contributed by atoms with van der Waals surface area (Å²) in [4.78, 5) is 16.6. The molecule has 0 aliphatic carbocycles. The predicted octanol–water partition coefficient (Wildman–Crippen LogP) is 3.40. The van der Waals surface area contributed by atoms with Gasteiger partial charge in [0.2, 0.25) is 10.0 Å². The summed E-state index contributed by atoms with van der Waals surface area (Å²) in [5.41, 5.74) is 1.51. The van der Waals surface area contributed by atoms with Gasteiger partial charge >= 0.3 is 0 Å². The molecule has 0 aliphatic rings. The molecular formula is C19H18ClN3O4S. The topological polar surface area (TPSA) is 115 Å². The Morgan fingerprint density at radius 1 is 1.25 bits per heavy atom. The van der Waals surface area contributed by atoms with E-state index in [4.69, 9.17) is 21.2 Å². The largest absolute Gasteiger partial charge is 0.467 e. The SMILES string of the molecule is NS(=O)(=O)c1cc(C(=O)CCc2cccnc2)c(NCc2ccco2)cc1Cl. The molecule has 28 heavy (non-hydrogen) atoms. The maximum absolute atomic E-state index is 12.8. The lowest BCUT2D eigenvalue weighted by molar-refractivity contribution is 0.0983. The van der Waals surface area contributed by atoms with Crippen LogP contribution < -0.4 is 10.5 Å². The fourth-order valence-corrected chi connectivity index (χ4v) is 3.78. The summed E-state index contributed by atoms with van der Waals surface area (Å²) < 4.78 is 28.9. The van der Waals surface area contributed by atoms with Gasteiger partial charge in [0.1, 0.15) is 10.7 Å². The van der Waals surface area contributed by atoms with Crippen LogP contribution in [0.25, 0.3) is 0 Å². The summed E-state index contributed by atoms with van der Waals surface area (Å²) in [6.45, 7) is 0.306. The second-order valence-corrected chi connectivity index (χ2v) is 8.03. The lowest BCUT2D eigenvalue weighted by atomic mass is 10.0. The molecule has 0 aliphatic heterocycles. The first-order chi connectivity index (χ1) is 13.3. The number of aromatic nitrogens is 1. The Bertz CT molecular complexity index is 1070. The molecule has 9 heteroatoms. The van der Waals surface area contributed by atoms with E-state index in [1.807, 2.05) is 6.07 Å². The van der Waals surface area contributed by atoms with Crippen molar-refractivity contribution in [2.75, 3.05) is 5.32 Å². The number of nitrogens with zero attached hydrogens (tertiary/aromatic N) is 1. The molecule has 2 heterocycles. The normalized spacial score (nSPS) is 11.4. The van der Waals surface area contributed by atoms with Gasteiger partial charge in [-0.2, -0.15) is 0 Å². The molecule has 2 aromatic heterocycles. The van der Waals surface area contributed by atoms with Crippen LogP contribution in [0.3, 0.4) is 0 Å². The number of Topliss-reactive ketones (excluding diaryl/α,β-unsaturated/α-hetero) is 1. The van der Waals surface area contributed by atoms with Crippen LogP contribution in [0.5, 0.6) is 0 Å². The Morgan fingerprint density at radius 2 is 2.07 bits per heavy atom.